The SMILES string of the molecule is c1ccc(-c2cccc(N(c3ccc4c(c3)C3(c5ccccc5Oc5ccccc53)c3cc(-c5ccccc5)ccc3-4)c3ccccc3-c3ccccc3)c2)cc1. The van der Waals surface area contributed by atoms with Crippen LogP contribution in [0.4, 0.5) is 17.1 Å². The monoisotopic (exact) mass is 727 g/mol. The van der Waals surface area contributed by atoms with Gasteiger partial charge in [-0.25, -0.2) is 0 Å². The molecule has 1 heterocycles. The van der Waals surface area contributed by atoms with Crippen molar-refractivity contribution in [2.24, 2.45) is 0 Å². The van der Waals surface area contributed by atoms with Crippen LogP contribution in [0.3, 0.4) is 0 Å². The second-order valence-corrected chi connectivity index (χ2v) is 14.8. The average Bonchev–Trinajstić information content (AvgIpc) is 3.57. The van der Waals surface area contributed by atoms with Crippen LogP contribution < -0.4 is 9.64 Å². The van der Waals surface area contributed by atoms with Crippen molar-refractivity contribution in [2.45, 2.75) is 5.41 Å². The van der Waals surface area contributed by atoms with Gasteiger partial charge in [-0.15, -0.1) is 0 Å². The molecule has 2 aliphatic rings. The highest BCUT2D eigenvalue weighted by Gasteiger charge is 2.51. The first kappa shape index (κ1) is 33.0. The lowest BCUT2D eigenvalue weighted by Gasteiger charge is -2.40. The Morgan fingerprint density at radius 1 is 0.298 bits per heavy atom. The van der Waals surface area contributed by atoms with Gasteiger partial charge in [-0.05, 0) is 98.6 Å². The molecule has 1 spiro atoms. The van der Waals surface area contributed by atoms with Gasteiger partial charge in [0.1, 0.15) is 11.5 Å². The minimum absolute atomic E-state index is 0.632. The lowest BCUT2D eigenvalue weighted by atomic mass is 9.66. The van der Waals surface area contributed by atoms with Gasteiger partial charge in [0.2, 0.25) is 0 Å². The van der Waals surface area contributed by atoms with E-state index in [0.717, 1.165) is 45.3 Å². The summed E-state index contributed by atoms with van der Waals surface area (Å²) >= 11 is 0. The molecule has 268 valence electrons. The van der Waals surface area contributed by atoms with E-state index in [1.165, 1.54) is 50.1 Å². The Morgan fingerprint density at radius 2 is 0.789 bits per heavy atom. The number of ether oxygens (including phenoxy) is 1. The predicted molar refractivity (Wildman–Crippen MR) is 235 cm³/mol. The summed E-state index contributed by atoms with van der Waals surface area (Å²) in [6.07, 6.45) is 0. The van der Waals surface area contributed by atoms with Crippen LogP contribution in [-0.2, 0) is 5.41 Å². The lowest BCUT2D eigenvalue weighted by Crippen LogP contribution is -2.32. The fraction of sp³-hybridized carbons (Fsp3) is 0.0182. The minimum Gasteiger partial charge on any atom is -0.457 e. The Labute approximate surface area is 333 Å². The number of para-hydroxylation sites is 3. The van der Waals surface area contributed by atoms with E-state index >= 15 is 0 Å². The molecule has 0 unspecified atom stereocenters. The summed E-state index contributed by atoms with van der Waals surface area (Å²) in [5, 5.41) is 0. The standard InChI is InChI=1S/C55H37NO/c1-4-17-38(18-5-1)41-23-16-24-43(35-41)56(52-28-13-10-25-45(52)40-21-8-3-9-22-40)44-32-34-47-46-33-31-42(39-19-6-2-7-20-39)36-50(46)55(51(47)37-44)48-26-11-14-29-53(48)57-54-30-15-12-27-49(54)55/h1-37H. The molecule has 0 radical (unpaired) electrons. The zero-order chi connectivity index (χ0) is 37.8. The van der Waals surface area contributed by atoms with Crippen molar-refractivity contribution >= 4 is 17.1 Å². The topological polar surface area (TPSA) is 12.5 Å². The Hall–Kier alpha value is -7.42. The Balaban J connectivity index is 1.20. The van der Waals surface area contributed by atoms with Crippen LogP contribution in [-0.4, -0.2) is 0 Å². The molecular formula is C55H37NO. The molecule has 57 heavy (non-hydrogen) atoms. The average molecular weight is 728 g/mol. The largest absolute Gasteiger partial charge is 0.457 e. The van der Waals surface area contributed by atoms with E-state index in [0.29, 0.717) is 0 Å². The second kappa shape index (κ2) is 13.4. The number of fused-ring (bicyclic) bond motifs is 9. The second-order valence-electron chi connectivity index (χ2n) is 14.8. The summed E-state index contributed by atoms with van der Waals surface area (Å²) in [6, 6.07) is 81.2. The Kier molecular flexibility index (Phi) is 7.75. The summed E-state index contributed by atoms with van der Waals surface area (Å²) in [5.74, 6) is 1.76. The van der Waals surface area contributed by atoms with Crippen LogP contribution in [0.1, 0.15) is 22.3 Å². The van der Waals surface area contributed by atoms with Gasteiger partial charge in [0.25, 0.3) is 0 Å². The molecule has 1 aliphatic carbocycles. The maximum Gasteiger partial charge on any atom is 0.132 e. The van der Waals surface area contributed by atoms with E-state index in [1.54, 1.807) is 0 Å². The summed E-state index contributed by atoms with van der Waals surface area (Å²) in [7, 11) is 0. The third-order valence-corrected chi connectivity index (χ3v) is 11.7. The highest BCUT2D eigenvalue weighted by atomic mass is 16.5. The number of nitrogens with zero attached hydrogens (tertiary/aromatic N) is 1. The molecule has 2 nitrogen and oxygen atoms in total. The van der Waals surface area contributed by atoms with E-state index in [-0.39, 0.29) is 0 Å². The minimum atomic E-state index is -0.632. The number of rotatable bonds is 6. The molecule has 0 N–H and O–H groups in total. The first-order valence-electron chi connectivity index (χ1n) is 19.6. The molecule has 9 aromatic rings. The molecule has 0 bridgehead atoms. The van der Waals surface area contributed by atoms with Gasteiger partial charge in [0, 0.05) is 28.1 Å². The third-order valence-electron chi connectivity index (χ3n) is 11.7. The van der Waals surface area contributed by atoms with Crippen molar-refractivity contribution < 1.29 is 4.74 Å². The van der Waals surface area contributed by atoms with Gasteiger partial charge >= 0.3 is 0 Å². The molecule has 0 saturated heterocycles. The molecule has 9 aromatic carbocycles. The van der Waals surface area contributed by atoms with Crippen LogP contribution in [0.25, 0.3) is 44.5 Å². The van der Waals surface area contributed by atoms with Crippen molar-refractivity contribution in [3.63, 3.8) is 0 Å². The molecule has 0 saturated carbocycles. The molecule has 11 rings (SSSR count). The summed E-state index contributed by atoms with van der Waals surface area (Å²) in [5.41, 5.74) is 17.0. The smallest absolute Gasteiger partial charge is 0.132 e. The zero-order valence-corrected chi connectivity index (χ0v) is 31.2. The van der Waals surface area contributed by atoms with Gasteiger partial charge in [-0.1, -0.05) is 176 Å². The van der Waals surface area contributed by atoms with Crippen molar-refractivity contribution in [2.75, 3.05) is 4.90 Å². The molecule has 1 aliphatic heterocycles. The van der Waals surface area contributed by atoms with E-state index in [9.17, 15) is 0 Å². The normalized spacial score (nSPS) is 12.8. The van der Waals surface area contributed by atoms with Crippen LogP contribution in [0.15, 0.2) is 224 Å². The first-order valence-corrected chi connectivity index (χ1v) is 19.6. The number of benzene rings is 9. The number of hydrogen-bond acceptors (Lipinski definition) is 2. The maximum absolute atomic E-state index is 6.73. The van der Waals surface area contributed by atoms with Crippen LogP contribution in [0.2, 0.25) is 0 Å². The van der Waals surface area contributed by atoms with Crippen LogP contribution in [0, 0.1) is 0 Å². The molecule has 0 fully saturated rings. The van der Waals surface area contributed by atoms with E-state index < -0.39 is 5.41 Å². The zero-order valence-electron chi connectivity index (χ0n) is 31.2. The van der Waals surface area contributed by atoms with Crippen LogP contribution in [0.5, 0.6) is 11.5 Å². The number of hydrogen-bond donors (Lipinski definition) is 0. The molecule has 0 atom stereocenters. The number of anilines is 3. The van der Waals surface area contributed by atoms with E-state index in [1.807, 2.05) is 0 Å². The van der Waals surface area contributed by atoms with Gasteiger partial charge < -0.3 is 9.64 Å². The van der Waals surface area contributed by atoms with Gasteiger partial charge in [-0.2, -0.15) is 0 Å². The van der Waals surface area contributed by atoms with Gasteiger partial charge in [0.15, 0.2) is 0 Å². The van der Waals surface area contributed by atoms with Crippen molar-refractivity contribution in [1.82, 2.24) is 0 Å². The van der Waals surface area contributed by atoms with Gasteiger partial charge in [0.05, 0.1) is 11.1 Å². The summed E-state index contributed by atoms with van der Waals surface area (Å²) in [4.78, 5) is 2.44. The quantitative estimate of drug-likeness (QED) is 0.169. The fourth-order valence-electron chi connectivity index (χ4n) is 9.25. The maximum atomic E-state index is 6.73. The van der Waals surface area contributed by atoms with Crippen molar-refractivity contribution in [3.05, 3.63) is 247 Å². The fourth-order valence-corrected chi connectivity index (χ4v) is 9.25. The molecule has 2 heteroatoms. The Morgan fingerprint density at radius 3 is 1.46 bits per heavy atom. The summed E-state index contributed by atoms with van der Waals surface area (Å²) < 4.78 is 6.73. The molecular weight excluding hydrogens is 691 g/mol. The van der Waals surface area contributed by atoms with E-state index in [2.05, 4.69) is 229 Å². The van der Waals surface area contributed by atoms with Crippen LogP contribution >= 0.6 is 0 Å². The third kappa shape index (κ3) is 5.26. The van der Waals surface area contributed by atoms with Crippen molar-refractivity contribution in [3.8, 4) is 56.0 Å². The molecule has 0 aromatic heterocycles. The van der Waals surface area contributed by atoms with Gasteiger partial charge in [-0.3, -0.25) is 0 Å². The Bertz CT molecular complexity index is 2890. The van der Waals surface area contributed by atoms with Crippen molar-refractivity contribution in [1.29, 1.82) is 0 Å². The lowest BCUT2D eigenvalue weighted by molar-refractivity contribution is 0.436. The first-order chi connectivity index (χ1) is 28.3. The van der Waals surface area contributed by atoms with E-state index in [4.69, 9.17) is 4.74 Å². The highest BCUT2D eigenvalue weighted by molar-refractivity contribution is 5.94. The predicted octanol–water partition coefficient (Wildman–Crippen LogP) is 14.6. The molecule has 0 amide bonds. The summed E-state index contributed by atoms with van der Waals surface area (Å²) in [6.45, 7) is 0. The highest BCUT2D eigenvalue weighted by Crippen LogP contribution is 2.63.